The molecule has 4 heteroatoms. The smallest absolute Gasteiger partial charge is 0.316 e. The number of nitrogens with zero attached hydrogens (tertiary/aromatic N) is 1. The van der Waals surface area contributed by atoms with Crippen LogP contribution in [0.3, 0.4) is 0 Å². The first-order valence-corrected chi connectivity index (χ1v) is 4.73. The third kappa shape index (κ3) is 3.91. The number of rotatable bonds is 3. The van der Waals surface area contributed by atoms with Gasteiger partial charge in [-0.05, 0) is 17.5 Å². The lowest BCUT2D eigenvalue weighted by Gasteiger charge is -2.23. The van der Waals surface area contributed by atoms with Crippen molar-refractivity contribution in [3.8, 4) is 0 Å². The second-order valence-electron chi connectivity index (χ2n) is 4.61. The number of ether oxygens (including phenoxy) is 1. The van der Waals surface area contributed by atoms with Crippen molar-refractivity contribution < 1.29 is 13.5 Å². The summed E-state index contributed by atoms with van der Waals surface area (Å²) >= 11 is 0. The van der Waals surface area contributed by atoms with Gasteiger partial charge in [0.25, 0.3) is 0 Å². The normalized spacial score (nSPS) is 12.9. The fourth-order valence-electron chi connectivity index (χ4n) is 0.925. The Bertz CT molecular complexity index is 306. The van der Waals surface area contributed by atoms with Gasteiger partial charge in [-0.3, -0.25) is 4.98 Å². The standard InChI is InChI=1S/C11H15F2NO/c1-10(2,3)8-15-11(12,13)9-5-4-6-14-7-9/h4-7H,8H2,1-3H3. The minimum atomic E-state index is -3.26. The van der Waals surface area contributed by atoms with Crippen LogP contribution in [-0.2, 0) is 10.8 Å². The number of halogens is 2. The van der Waals surface area contributed by atoms with Gasteiger partial charge in [0.2, 0.25) is 0 Å². The van der Waals surface area contributed by atoms with E-state index in [2.05, 4.69) is 9.72 Å². The zero-order valence-electron chi connectivity index (χ0n) is 9.13. The first kappa shape index (κ1) is 12.0. The highest BCUT2D eigenvalue weighted by Crippen LogP contribution is 2.30. The van der Waals surface area contributed by atoms with Gasteiger partial charge in [-0.25, -0.2) is 0 Å². The van der Waals surface area contributed by atoms with Crippen molar-refractivity contribution in [3.63, 3.8) is 0 Å². The highest BCUT2D eigenvalue weighted by molar-refractivity contribution is 5.12. The first-order chi connectivity index (χ1) is 6.81. The van der Waals surface area contributed by atoms with E-state index in [1.807, 2.05) is 20.8 Å². The van der Waals surface area contributed by atoms with Crippen molar-refractivity contribution in [2.24, 2.45) is 5.41 Å². The first-order valence-electron chi connectivity index (χ1n) is 4.73. The summed E-state index contributed by atoms with van der Waals surface area (Å²) in [5.41, 5.74) is -0.500. The third-order valence-electron chi connectivity index (χ3n) is 1.68. The van der Waals surface area contributed by atoms with Crippen molar-refractivity contribution in [3.05, 3.63) is 30.1 Å². The molecule has 0 saturated heterocycles. The monoisotopic (exact) mass is 215 g/mol. The lowest BCUT2D eigenvalue weighted by molar-refractivity contribution is -0.259. The summed E-state index contributed by atoms with van der Waals surface area (Å²) in [7, 11) is 0. The second kappa shape index (κ2) is 4.23. The van der Waals surface area contributed by atoms with Crippen LogP contribution >= 0.6 is 0 Å². The quantitative estimate of drug-likeness (QED) is 0.772. The zero-order valence-corrected chi connectivity index (χ0v) is 9.13. The third-order valence-corrected chi connectivity index (χ3v) is 1.68. The molecule has 0 saturated carbocycles. The van der Waals surface area contributed by atoms with E-state index in [0.29, 0.717) is 0 Å². The molecule has 2 nitrogen and oxygen atoms in total. The Morgan fingerprint density at radius 3 is 2.47 bits per heavy atom. The van der Waals surface area contributed by atoms with Gasteiger partial charge in [-0.2, -0.15) is 8.78 Å². The van der Waals surface area contributed by atoms with Gasteiger partial charge in [0.1, 0.15) is 0 Å². The Morgan fingerprint density at radius 1 is 1.33 bits per heavy atom. The molecule has 0 radical (unpaired) electrons. The molecule has 15 heavy (non-hydrogen) atoms. The van der Waals surface area contributed by atoms with Crippen LogP contribution in [0.15, 0.2) is 24.5 Å². The van der Waals surface area contributed by atoms with Gasteiger partial charge in [-0.1, -0.05) is 20.8 Å². The highest BCUT2D eigenvalue weighted by Gasteiger charge is 2.34. The van der Waals surface area contributed by atoms with E-state index in [9.17, 15) is 8.78 Å². The van der Waals surface area contributed by atoms with Gasteiger partial charge >= 0.3 is 6.11 Å². The second-order valence-corrected chi connectivity index (χ2v) is 4.61. The van der Waals surface area contributed by atoms with Crippen LogP contribution in [0.25, 0.3) is 0 Å². The van der Waals surface area contributed by atoms with Crippen LogP contribution in [0, 0.1) is 5.41 Å². The van der Waals surface area contributed by atoms with E-state index < -0.39 is 6.11 Å². The molecule has 1 heterocycles. The van der Waals surface area contributed by atoms with E-state index in [1.54, 1.807) is 0 Å². The number of aromatic nitrogens is 1. The Balaban J connectivity index is 2.68. The average molecular weight is 215 g/mol. The number of hydrogen-bond acceptors (Lipinski definition) is 2. The summed E-state index contributed by atoms with van der Waals surface area (Å²) in [5, 5.41) is 0. The van der Waals surface area contributed by atoms with Crippen LogP contribution in [0.4, 0.5) is 8.78 Å². The molecule has 84 valence electrons. The summed E-state index contributed by atoms with van der Waals surface area (Å²) in [6.07, 6.45) is -0.701. The Hall–Kier alpha value is -1.03. The summed E-state index contributed by atoms with van der Waals surface area (Å²) < 4.78 is 31.5. The van der Waals surface area contributed by atoms with Crippen LogP contribution in [0.5, 0.6) is 0 Å². The van der Waals surface area contributed by atoms with Crippen LogP contribution in [-0.4, -0.2) is 11.6 Å². The molecular formula is C11H15F2NO. The van der Waals surface area contributed by atoms with Gasteiger partial charge < -0.3 is 4.74 Å². The molecule has 0 bridgehead atoms. The minimum absolute atomic E-state index is 0.00507. The molecule has 0 aliphatic heterocycles. The number of alkyl halides is 2. The molecule has 0 N–H and O–H groups in total. The largest absolute Gasteiger partial charge is 0.384 e. The Morgan fingerprint density at radius 2 is 2.00 bits per heavy atom. The molecule has 0 unspecified atom stereocenters. The zero-order chi connectivity index (χ0) is 11.5. The van der Waals surface area contributed by atoms with Gasteiger partial charge in [0.05, 0.1) is 12.2 Å². The molecule has 0 spiro atoms. The molecule has 0 aromatic carbocycles. The Kier molecular flexibility index (Phi) is 3.39. The van der Waals surface area contributed by atoms with Crippen molar-refractivity contribution in [2.45, 2.75) is 26.9 Å². The molecule has 0 aliphatic carbocycles. The summed E-state index contributed by atoms with van der Waals surface area (Å²) in [6.45, 7) is 5.51. The molecule has 0 atom stereocenters. The highest BCUT2D eigenvalue weighted by atomic mass is 19.3. The predicted molar refractivity (Wildman–Crippen MR) is 53.5 cm³/mol. The van der Waals surface area contributed by atoms with Crippen molar-refractivity contribution in [1.82, 2.24) is 4.98 Å². The summed E-state index contributed by atoms with van der Waals surface area (Å²) in [5.74, 6) is 0. The van der Waals surface area contributed by atoms with Gasteiger partial charge in [-0.15, -0.1) is 0 Å². The lowest BCUT2D eigenvalue weighted by Crippen LogP contribution is -2.25. The van der Waals surface area contributed by atoms with Crippen molar-refractivity contribution in [2.75, 3.05) is 6.61 Å². The van der Waals surface area contributed by atoms with Crippen molar-refractivity contribution in [1.29, 1.82) is 0 Å². The fourth-order valence-corrected chi connectivity index (χ4v) is 0.925. The van der Waals surface area contributed by atoms with E-state index >= 15 is 0 Å². The van der Waals surface area contributed by atoms with Gasteiger partial charge in [0.15, 0.2) is 0 Å². The van der Waals surface area contributed by atoms with Crippen LogP contribution in [0.1, 0.15) is 26.3 Å². The number of pyridine rings is 1. The van der Waals surface area contributed by atoms with E-state index in [4.69, 9.17) is 0 Å². The fraction of sp³-hybridized carbons (Fsp3) is 0.545. The van der Waals surface area contributed by atoms with E-state index in [0.717, 1.165) is 6.20 Å². The average Bonchev–Trinajstić information content (AvgIpc) is 2.16. The van der Waals surface area contributed by atoms with Crippen LogP contribution in [0.2, 0.25) is 0 Å². The van der Waals surface area contributed by atoms with E-state index in [-0.39, 0.29) is 17.6 Å². The topological polar surface area (TPSA) is 22.1 Å². The van der Waals surface area contributed by atoms with Gasteiger partial charge in [0, 0.05) is 12.4 Å². The maximum absolute atomic E-state index is 13.4. The maximum Gasteiger partial charge on any atom is 0.384 e. The minimum Gasteiger partial charge on any atom is -0.316 e. The molecule has 0 aliphatic rings. The summed E-state index contributed by atoms with van der Waals surface area (Å²) in [6, 6.07) is 2.76. The molecular weight excluding hydrogens is 200 g/mol. The maximum atomic E-state index is 13.4. The number of hydrogen-bond donors (Lipinski definition) is 0. The molecule has 0 fully saturated rings. The SMILES string of the molecule is CC(C)(C)COC(F)(F)c1cccnc1. The predicted octanol–water partition coefficient (Wildman–Crippen LogP) is 3.19. The van der Waals surface area contributed by atoms with E-state index in [1.165, 1.54) is 18.3 Å². The molecule has 1 aromatic rings. The van der Waals surface area contributed by atoms with Crippen LogP contribution < -0.4 is 0 Å². The summed E-state index contributed by atoms with van der Waals surface area (Å²) in [4.78, 5) is 3.64. The molecule has 1 rings (SSSR count). The van der Waals surface area contributed by atoms with Crippen molar-refractivity contribution >= 4 is 0 Å². The molecule has 0 amide bonds. The lowest BCUT2D eigenvalue weighted by atomic mass is 9.99. The molecule has 1 aromatic heterocycles. The Labute approximate surface area is 88.3 Å².